The van der Waals surface area contributed by atoms with Gasteiger partial charge in [0, 0.05) is 24.3 Å². The van der Waals surface area contributed by atoms with Crippen molar-refractivity contribution < 1.29 is 38.7 Å². The fourth-order valence-corrected chi connectivity index (χ4v) is 5.48. The van der Waals surface area contributed by atoms with E-state index in [1.165, 1.54) is 66.6 Å². The molecular weight excluding hydrogens is 786 g/mol. The van der Waals surface area contributed by atoms with Crippen molar-refractivity contribution in [3.8, 4) is 34.1 Å². The number of anilines is 2. The standard InChI is InChI=1S/C36H32Cl4N6O8/c1-17(47)33(35(49)41-27-15-29(51-3)23(39)13-31(27)53-5)45-43-25-9-7-19(11-21(25)37)20-8-10-26(22(38)12-20)44-46-34(18(2)48)36(50)42-28-16-30(52-4)24(40)14-32(28)54-6/h7-16,47-48H,1-6H3,(H,41,49)(H,42,50)/b33-17-,34-18-,45-43+,46-44+. The Kier molecular flexibility index (Phi) is 14.1. The highest BCUT2D eigenvalue weighted by Gasteiger charge is 2.20. The van der Waals surface area contributed by atoms with E-state index in [4.69, 9.17) is 65.4 Å². The molecular formula is C36H32Cl4N6O8. The molecule has 0 saturated heterocycles. The summed E-state index contributed by atoms with van der Waals surface area (Å²) in [5, 5.41) is 42.6. The van der Waals surface area contributed by atoms with Crippen molar-refractivity contribution in [3.05, 3.63) is 104 Å². The highest BCUT2D eigenvalue weighted by molar-refractivity contribution is 6.34. The third kappa shape index (κ3) is 9.90. The Morgan fingerprint density at radius 3 is 1.19 bits per heavy atom. The molecule has 18 heteroatoms. The lowest BCUT2D eigenvalue weighted by Crippen LogP contribution is -2.15. The van der Waals surface area contributed by atoms with Gasteiger partial charge in [-0.3, -0.25) is 9.59 Å². The minimum Gasteiger partial charge on any atom is -0.510 e. The molecule has 4 aromatic carbocycles. The number of nitrogens with one attached hydrogen (secondary N) is 2. The third-order valence-electron chi connectivity index (χ3n) is 7.30. The van der Waals surface area contributed by atoms with Crippen molar-refractivity contribution in [3.63, 3.8) is 0 Å². The molecule has 282 valence electrons. The first-order valence-corrected chi connectivity index (χ1v) is 16.9. The average molecular weight is 818 g/mol. The number of allylic oxidation sites excluding steroid dienone is 2. The van der Waals surface area contributed by atoms with Gasteiger partial charge < -0.3 is 39.8 Å². The molecule has 14 nitrogen and oxygen atoms in total. The quantitative estimate of drug-likeness (QED) is 0.0583. The second-order valence-corrected chi connectivity index (χ2v) is 12.5. The van der Waals surface area contributed by atoms with E-state index >= 15 is 0 Å². The number of halogens is 4. The van der Waals surface area contributed by atoms with Gasteiger partial charge in [-0.25, -0.2) is 0 Å². The van der Waals surface area contributed by atoms with Crippen LogP contribution in [0.4, 0.5) is 22.7 Å². The fraction of sp³-hybridized carbons (Fsp3) is 0.167. The number of rotatable bonds is 13. The normalized spacial score (nSPS) is 12.3. The van der Waals surface area contributed by atoms with E-state index in [2.05, 4.69) is 31.1 Å². The number of azo groups is 2. The first-order chi connectivity index (χ1) is 25.7. The maximum atomic E-state index is 13.1. The summed E-state index contributed by atoms with van der Waals surface area (Å²) in [7, 11) is 5.64. The van der Waals surface area contributed by atoms with Crippen molar-refractivity contribution in [1.29, 1.82) is 0 Å². The van der Waals surface area contributed by atoms with Crippen LogP contribution in [0.5, 0.6) is 23.0 Å². The molecule has 0 bridgehead atoms. The summed E-state index contributed by atoms with van der Waals surface area (Å²) in [4.78, 5) is 26.1. The summed E-state index contributed by atoms with van der Waals surface area (Å²) in [6, 6.07) is 15.5. The Hall–Kier alpha value is -5.54. The fourth-order valence-electron chi connectivity index (χ4n) is 4.59. The average Bonchev–Trinajstić information content (AvgIpc) is 3.13. The molecule has 0 heterocycles. The zero-order chi connectivity index (χ0) is 39.7. The summed E-state index contributed by atoms with van der Waals surface area (Å²) in [5.41, 5.74) is 1.32. The number of hydrogen-bond acceptors (Lipinski definition) is 12. The molecule has 0 aliphatic rings. The van der Waals surface area contributed by atoms with E-state index in [0.717, 1.165) is 0 Å². The first kappa shape index (κ1) is 41.2. The third-order valence-corrected chi connectivity index (χ3v) is 8.50. The lowest BCUT2D eigenvalue weighted by atomic mass is 10.1. The maximum absolute atomic E-state index is 13.1. The zero-order valence-corrected chi connectivity index (χ0v) is 32.4. The molecule has 0 aliphatic heterocycles. The Balaban J connectivity index is 1.51. The monoisotopic (exact) mass is 816 g/mol. The van der Waals surface area contributed by atoms with Crippen LogP contribution in [0.25, 0.3) is 11.1 Å². The van der Waals surface area contributed by atoms with E-state index in [1.54, 1.807) is 36.4 Å². The Morgan fingerprint density at radius 1 is 0.537 bits per heavy atom. The summed E-state index contributed by atoms with van der Waals surface area (Å²) in [5.74, 6) is -1.32. The van der Waals surface area contributed by atoms with Gasteiger partial charge in [0.05, 0.1) is 59.9 Å². The van der Waals surface area contributed by atoms with E-state index in [9.17, 15) is 19.8 Å². The van der Waals surface area contributed by atoms with Gasteiger partial charge in [-0.05, 0) is 49.2 Å². The summed E-state index contributed by atoms with van der Waals surface area (Å²) < 4.78 is 21.0. The molecule has 0 saturated carbocycles. The van der Waals surface area contributed by atoms with E-state index in [1.807, 2.05) is 0 Å². The predicted molar refractivity (Wildman–Crippen MR) is 208 cm³/mol. The maximum Gasteiger partial charge on any atom is 0.279 e. The summed E-state index contributed by atoms with van der Waals surface area (Å²) in [6.07, 6.45) is 0. The summed E-state index contributed by atoms with van der Waals surface area (Å²) in [6.45, 7) is 2.55. The molecule has 4 rings (SSSR count). The van der Waals surface area contributed by atoms with Gasteiger partial charge in [-0.15, -0.1) is 20.5 Å². The van der Waals surface area contributed by atoms with Crippen LogP contribution < -0.4 is 29.6 Å². The molecule has 2 amide bonds. The molecule has 54 heavy (non-hydrogen) atoms. The number of benzene rings is 4. The minimum atomic E-state index is -0.791. The SMILES string of the molecule is COc1cc(NC(=O)C(/N=N/c2ccc(-c3ccc(/N=N/C(C(=O)Nc4cc(OC)c(Cl)cc4OC)=C(/C)O)c(Cl)c3)cc2Cl)=C(\C)O)c(OC)cc1Cl. The van der Waals surface area contributed by atoms with Gasteiger partial charge in [-0.2, -0.15) is 0 Å². The van der Waals surface area contributed by atoms with Crippen molar-refractivity contribution in [1.82, 2.24) is 0 Å². The number of carbonyl (C=O) groups is 2. The number of ether oxygens (including phenoxy) is 4. The smallest absolute Gasteiger partial charge is 0.279 e. The highest BCUT2D eigenvalue weighted by atomic mass is 35.5. The van der Waals surface area contributed by atoms with Crippen molar-refractivity contribution >= 4 is 81.0 Å². The number of nitrogens with zero attached hydrogens (tertiary/aromatic N) is 4. The first-order valence-electron chi connectivity index (χ1n) is 15.4. The number of hydrogen-bond donors (Lipinski definition) is 4. The summed E-state index contributed by atoms with van der Waals surface area (Å²) >= 11 is 25.4. The second kappa shape index (κ2) is 18.5. The lowest BCUT2D eigenvalue weighted by Gasteiger charge is -2.13. The van der Waals surface area contributed by atoms with Crippen LogP contribution in [0.1, 0.15) is 13.8 Å². The van der Waals surface area contributed by atoms with Crippen molar-refractivity contribution in [2.24, 2.45) is 20.5 Å². The van der Waals surface area contributed by atoms with Crippen LogP contribution >= 0.6 is 46.4 Å². The van der Waals surface area contributed by atoms with Crippen molar-refractivity contribution in [2.45, 2.75) is 13.8 Å². The number of aliphatic hydroxyl groups is 2. The van der Waals surface area contributed by atoms with Crippen LogP contribution in [0, 0.1) is 0 Å². The van der Waals surface area contributed by atoms with Gasteiger partial charge in [-0.1, -0.05) is 58.5 Å². The Morgan fingerprint density at radius 2 is 0.889 bits per heavy atom. The predicted octanol–water partition coefficient (Wildman–Crippen LogP) is 11.0. The van der Waals surface area contributed by atoms with Gasteiger partial charge in [0.15, 0.2) is 11.4 Å². The van der Waals surface area contributed by atoms with Crippen LogP contribution in [0.15, 0.2) is 104 Å². The van der Waals surface area contributed by atoms with Gasteiger partial charge in [0.2, 0.25) is 0 Å². The number of aliphatic hydroxyl groups excluding tert-OH is 2. The van der Waals surface area contributed by atoms with Crippen LogP contribution in [-0.2, 0) is 9.59 Å². The Bertz CT molecular complexity index is 2060. The molecule has 0 atom stereocenters. The topological polar surface area (TPSA) is 185 Å². The van der Waals surface area contributed by atoms with Gasteiger partial charge >= 0.3 is 0 Å². The lowest BCUT2D eigenvalue weighted by molar-refractivity contribution is -0.113. The molecule has 4 aromatic rings. The Labute approximate surface area is 329 Å². The molecule has 0 aromatic heterocycles. The largest absolute Gasteiger partial charge is 0.510 e. The van der Waals surface area contributed by atoms with E-state index in [-0.39, 0.29) is 77.2 Å². The second-order valence-electron chi connectivity index (χ2n) is 10.9. The molecule has 0 aliphatic carbocycles. The molecule has 0 radical (unpaired) electrons. The van der Waals surface area contributed by atoms with Crippen LogP contribution in [-0.4, -0.2) is 50.5 Å². The minimum absolute atomic E-state index is 0.171. The molecule has 0 unspecified atom stereocenters. The zero-order valence-electron chi connectivity index (χ0n) is 29.4. The van der Waals surface area contributed by atoms with Crippen molar-refractivity contribution in [2.75, 3.05) is 39.1 Å². The number of carbonyl (C=O) groups excluding carboxylic acids is 2. The number of methoxy groups -OCH3 is 4. The molecule has 4 N–H and O–H groups in total. The van der Waals surface area contributed by atoms with Gasteiger partial charge in [0.25, 0.3) is 11.8 Å². The van der Waals surface area contributed by atoms with E-state index < -0.39 is 23.3 Å². The van der Waals surface area contributed by atoms with E-state index in [0.29, 0.717) is 11.1 Å². The molecule has 0 fully saturated rings. The molecule has 0 spiro atoms. The highest BCUT2D eigenvalue weighted by Crippen LogP contribution is 2.39. The number of amides is 2. The van der Waals surface area contributed by atoms with Gasteiger partial charge in [0.1, 0.15) is 45.9 Å². The van der Waals surface area contributed by atoms with Crippen LogP contribution in [0.3, 0.4) is 0 Å². The van der Waals surface area contributed by atoms with Crippen LogP contribution in [0.2, 0.25) is 20.1 Å².